The van der Waals surface area contributed by atoms with E-state index >= 15 is 0 Å². The Kier molecular flexibility index (Phi) is 5.25. The minimum Gasteiger partial charge on any atom is -0.396 e. The monoisotopic (exact) mass is 243 g/mol. The molecule has 1 aromatic carbocycles. The van der Waals surface area contributed by atoms with Crippen LogP contribution in [0.25, 0.3) is 0 Å². The number of hydrogen-bond acceptors (Lipinski definition) is 3. The molecule has 0 aliphatic heterocycles. The molecule has 0 fully saturated rings. The number of halogens is 1. The van der Waals surface area contributed by atoms with E-state index in [2.05, 4.69) is 0 Å². The molecule has 2 unspecified atom stereocenters. The molecular weight excluding hydrogens is 225 g/mol. The van der Waals surface area contributed by atoms with Gasteiger partial charge in [0.15, 0.2) is 0 Å². The molecule has 1 aromatic rings. The number of hydrogen-bond donors (Lipinski definition) is 2. The molecule has 2 atom stereocenters. The summed E-state index contributed by atoms with van der Waals surface area (Å²) in [6.45, 7) is 3.94. The van der Waals surface area contributed by atoms with Gasteiger partial charge >= 0.3 is 0 Å². The molecule has 0 aromatic heterocycles. The van der Waals surface area contributed by atoms with Gasteiger partial charge in [0.05, 0.1) is 0 Å². The van der Waals surface area contributed by atoms with Gasteiger partial charge in [0.25, 0.3) is 0 Å². The Morgan fingerprint density at radius 2 is 2.12 bits per heavy atom. The smallest absolute Gasteiger partial charge is 0.129 e. The number of aliphatic hydroxyl groups is 1. The highest BCUT2D eigenvalue weighted by atomic mass is 32.2. The fourth-order valence-electron chi connectivity index (χ4n) is 1.52. The van der Waals surface area contributed by atoms with Crippen molar-refractivity contribution in [3.05, 3.63) is 29.6 Å². The molecule has 1 rings (SSSR count). The van der Waals surface area contributed by atoms with Gasteiger partial charge in [0.2, 0.25) is 0 Å². The first kappa shape index (κ1) is 13.5. The fraction of sp³-hybridized carbons (Fsp3) is 0.500. The van der Waals surface area contributed by atoms with Crippen LogP contribution < -0.4 is 5.73 Å². The third kappa shape index (κ3) is 3.47. The molecule has 0 aliphatic carbocycles. The molecule has 0 aliphatic rings. The second kappa shape index (κ2) is 6.23. The molecular formula is C12H18FNOS. The van der Waals surface area contributed by atoms with Crippen LogP contribution in [-0.4, -0.2) is 17.0 Å². The van der Waals surface area contributed by atoms with Crippen LogP contribution >= 0.6 is 11.8 Å². The highest BCUT2D eigenvalue weighted by Gasteiger charge is 2.14. The lowest BCUT2D eigenvalue weighted by atomic mass is 10.1. The zero-order valence-corrected chi connectivity index (χ0v) is 10.4. The predicted molar refractivity (Wildman–Crippen MR) is 66.0 cm³/mol. The Hall–Kier alpha value is -0.580. The number of aliphatic hydroxyl groups excluding tert-OH is 1. The summed E-state index contributed by atoms with van der Waals surface area (Å²) in [5.41, 5.74) is 6.33. The molecule has 90 valence electrons. The molecule has 0 saturated heterocycles. The first-order chi connectivity index (χ1) is 7.56. The highest BCUT2D eigenvalue weighted by molar-refractivity contribution is 8.00. The van der Waals surface area contributed by atoms with E-state index in [1.54, 1.807) is 24.8 Å². The lowest BCUT2D eigenvalue weighted by molar-refractivity contribution is 0.289. The minimum absolute atomic E-state index is 0.150. The van der Waals surface area contributed by atoms with Crippen molar-refractivity contribution in [2.24, 2.45) is 5.73 Å². The molecule has 16 heavy (non-hydrogen) atoms. The second-order valence-corrected chi connectivity index (χ2v) is 5.36. The van der Waals surface area contributed by atoms with Gasteiger partial charge in [0, 0.05) is 28.4 Å². The zero-order chi connectivity index (χ0) is 12.1. The summed E-state index contributed by atoms with van der Waals surface area (Å²) in [7, 11) is 0. The molecule has 0 amide bonds. The van der Waals surface area contributed by atoms with E-state index < -0.39 is 0 Å². The molecule has 0 radical (unpaired) electrons. The lowest BCUT2D eigenvalue weighted by Gasteiger charge is -2.16. The standard InChI is InChI=1S/C12H18FNOS/c1-8(6-7-15)16-11-5-3-4-10(13)12(11)9(2)14/h3-5,8-9,15H,6-7,14H2,1-2H3. The maximum atomic E-state index is 13.6. The Morgan fingerprint density at radius 1 is 1.44 bits per heavy atom. The van der Waals surface area contributed by atoms with Crippen molar-refractivity contribution in [1.29, 1.82) is 0 Å². The summed E-state index contributed by atoms with van der Waals surface area (Å²) in [6, 6.07) is 4.68. The first-order valence-corrected chi connectivity index (χ1v) is 6.25. The van der Waals surface area contributed by atoms with Gasteiger partial charge in [0.1, 0.15) is 5.82 Å². The number of nitrogens with two attached hydrogens (primary N) is 1. The van der Waals surface area contributed by atoms with Crippen LogP contribution in [0.15, 0.2) is 23.1 Å². The van der Waals surface area contributed by atoms with Crippen LogP contribution in [0.5, 0.6) is 0 Å². The van der Waals surface area contributed by atoms with Crippen molar-refractivity contribution in [3.8, 4) is 0 Å². The second-order valence-electron chi connectivity index (χ2n) is 3.88. The van der Waals surface area contributed by atoms with Crippen LogP contribution in [0, 0.1) is 5.82 Å². The third-order valence-corrected chi connectivity index (χ3v) is 3.58. The summed E-state index contributed by atoms with van der Waals surface area (Å²) in [5, 5.41) is 9.09. The fourth-order valence-corrected chi connectivity index (χ4v) is 2.74. The van der Waals surface area contributed by atoms with E-state index in [1.807, 2.05) is 13.0 Å². The van der Waals surface area contributed by atoms with Gasteiger partial charge < -0.3 is 10.8 Å². The van der Waals surface area contributed by atoms with E-state index in [9.17, 15) is 4.39 Å². The van der Waals surface area contributed by atoms with Gasteiger partial charge in [-0.2, -0.15) is 0 Å². The van der Waals surface area contributed by atoms with Crippen LogP contribution in [0.2, 0.25) is 0 Å². The van der Waals surface area contributed by atoms with Crippen LogP contribution in [0.1, 0.15) is 31.9 Å². The summed E-state index contributed by atoms with van der Waals surface area (Å²) >= 11 is 1.56. The third-order valence-electron chi connectivity index (χ3n) is 2.33. The van der Waals surface area contributed by atoms with Crippen molar-refractivity contribution in [1.82, 2.24) is 0 Å². The number of benzene rings is 1. The molecule has 0 spiro atoms. The Labute approximate surface area is 100 Å². The first-order valence-electron chi connectivity index (χ1n) is 5.37. The summed E-state index contributed by atoms with van der Waals surface area (Å²) < 4.78 is 13.6. The van der Waals surface area contributed by atoms with E-state index in [1.165, 1.54) is 6.07 Å². The SMILES string of the molecule is CC(CCO)Sc1cccc(F)c1C(C)N. The topological polar surface area (TPSA) is 46.2 Å². The van der Waals surface area contributed by atoms with E-state index in [0.717, 1.165) is 4.90 Å². The van der Waals surface area contributed by atoms with Crippen LogP contribution in [0.3, 0.4) is 0 Å². The number of rotatable bonds is 5. The quantitative estimate of drug-likeness (QED) is 0.782. The molecule has 0 bridgehead atoms. The van der Waals surface area contributed by atoms with Crippen molar-refractivity contribution in [3.63, 3.8) is 0 Å². The summed E-state index contributed by atoms with van der Waals surface area (Å²) in [4.78, 5) is 0.871. The van der Waals surface area contributed by atoms with Gasteiger partial charge in [-0.1, -0.05) is 13.0 Å². The maximum Gasteiger partial charge on any atom is 0.129 e. The number of thioether (sulfide) groups is 1. The zero-order valence-electron chi connectivity index (χ0n) is 9.61. The van der Waals surface area contributed by atoms with E-state index in [0.29, 0.717) is 12.0 Å². The average Bonchev–Trinajstić information content (AvgIpc) is 2.17. The predicted octanol–water partition coefficient (Wildman–Crippen LogP) is 2.71. The molecule has 0 saturated carbocycles. The molecule has 0 heterocycles. The molecule has 3 N–H and O–H groups in total. The van der Waals surface area contributed by atoms with Crippen molar-refractivity contribution < 1.29 is 9.50 Å². The normalized spacial score (nSPS) is 14.8. The minimum atomic E-state index is -0.315. The molecule has 4 heteroatoms. The lowest BCUT2D eigenvalue weighted by Crippen LogP contribution is -2.10. The van der Waals surface area contributed by atoms with Gasteiger partial charge in [-0.05, 0) is 25.5 Å². The highest BCUT2D eigenvalue weighted by Crippen LogP contribution is 2.32. The van der Waals surface area contributed by atoms with Gasteiger partial charge in [-0.25, -0.2) is 4.39 Å². The Balaban J connectivity index is 2.90. The van der Waals surface area contributed by atoms with Gasteiger partial charge in [-0.15, -0.1) is 11.8 Å². The maximum absolute atomic E-state index is 13.6. The van der Waals surface area contributed by atoms with Crippen molar-refractivity contribution >= 4 is 11.8 Å². The van der Waals surface area contributed by atoms with Crippen molar-refractivity contribution in [2.45, 2.75) is 36.5 Å². The van der Waals surface area contributed by atoms with E-state index in [4.69, 9.17) is 10.8 Å². The van der Waals surface area contributed by atoms with Crippen LogP contribution in [-0.2, 0) is 0 Å². The van der Waals surface area contributed by atoms with Crippen LogP contribution in [0.4, 0.5) is 4.39 Å². The Morgan fingerprint density at radius 3 is 2.69 bits per heavy atom. The summed E-state index contributed by atoms with van der Waals surface area (Å²) in [5.74, 6) is -0.254. The Bertz CT molecular complexity index is 344. The van der Waals surface area contributed by atoms with Gasteiger partial charge in [-0.3, -0.25) is 0 Å². The largest absolute Gasteiger partial charge is 0.396 e. The average molecular weight is 243 g/mol. The van der Waals surface area contributed by atoms with Crippen molar-refractivity contribution in [2.75, 3.05) is 6.61 Å². The van der Waals surface area contributed by atoms with E-state index in [-0.39, 0.29) is 23.7 Å². The summed E-state index contributed by atoms with van der Waals surface area (Å²) in [6.07, 6.45) is 0.694. The molecule has 2 nitrogen and oxygen atoms in total.